The summed E-state index contributed by atoms with van der Waals surface area (Å²) in [5.41, 5.74) is 0.901. The molecule has 0 bridgehead atoms. The number of ketones is 1. The van der Waals surface area contributed by atoms with Gasteiger partial charge in [-0.2, -0.15) is 0 Å². The molecule has 1 aliphatic carbocycles. The Morgan fingerprint density at radius 3 is 2.71 bits per heavy atom. The van der Waals surface area contributed by atoms with Crippen LogP contribution in [0.4, 0.5) is 0 Å². The van der Waals surface area contributed by atoms with Crippen LogP contribution in [0.15, 0.2) is 11.6 Å². The first-order valence-electron chi connectivity index (χ1n) is 4.89. The summed E-state index contributed by atoms with van der Waals surface area (Å²) in [6, 6.07) is 0. The Balaban J connectivity index is 2.28. The lowest BCUT2D eigenvalue weighted by molar-refractivity contribution is -0.115. The third-order valence-electron chi connectivity index (χ3n) is 2.32. The fourth-order valence-corrected chi connectivity index (χ4v) is 2.25. The monoisotopic (exact) mass is 216 g/mol. The van der Waals surface area contributed by atoms with Crippen molar-refractivity contribution in [2.45, 2.75) is 32.1 Å². The number of sulfone groups is 1. The zero-order valence-corrected chi connectivity index (χ0v) is 9.27. The zero-order chi connectivity index (χ0) is 10.6. The minimum atomic E-state index is -2.91. The average molecular weight is 216 g/mol. The second-order valence-electron chi connectivity index (χ2n) is 3.78. The van der Waals surface area contributed by atoms with E-state index in [0.29, 0.717) is 12.8 Å². The van der Waals surface area contributed by atoms with E-state index in [1.807, 2.05) is 6.08 Å². The van der Waals surface area contributed by atoms with Gasteiger partial charge in [0.15, 0.2) is 5.78 Å². The van der Waals surface area contributed by atoms with E-state index in [0.717, 1.165) is 24.8 Å². The highest BCUT2D eigenvalue weighted by Crippen LogP contribution is 2.19. The number of hydrogen-bond donors (Lipinski definition) is 0. The predicted octanol–water partition coefficient (Wildman–Crippen LogP) is 1.49. The van der Waals surface area contributed by atoms with Gasteiger partial charge in [-0.3, -0.25) is 4.79 Å². The molecule has 0 heterocycles. The molecular weight excluding hydrogens is 200 g/mol. The van der Waals surface area contributed by atoms with Crippen molar-refractivity contribution in [3.63, 3.8) is 0 Å². The van der Waals surface area contributed by atoms with Crippen LogP contribution in [0.2, 0.25) is 0 Å². The highest BCUT2D eigenvalue weighted by atomic mass is 32.2. The van der Waals surface area contributed by atoms with Crippen LogP contribution >= 0.6 is 0 Å². The average Bonchev–Trinajstić information content (AvgIpc) is 2.53. The van der Waals surface area contributed by atoms with Crippen LogP contribution in [0.3, 0.4) is 0 Å². The van der Waals surface area contributed by atoms with E-state index in [1.165, 1.54) is 6.26 Å². The SMILES string of the molecule is CS(=O)(=O)CCCC(=O)C1=CCCC1. The maximum absolute atomic E-state index is 11.5. The van der Waals surface area contributed by atoms with Crippen LogP contribution in [-0.4, -0.2) is 26.2 Å². The molecule has 0 aromatic heterocycles. The van der Waals surface area contributed by atoms with Crippen molar-refractivity contribution in [1.29, 1.82) is 0 Å². The molecule has 0 fully saturated rings. The molecule has 0 N–H and O–H groups in total. The van der Waals surface area contributed by atoms with E-state index in [4.69, 9.17) is 0 Å². The highest BCUT2D eigenvalue weighted by Gasteiger charge is 2.13. The molecule has 1 rings (SSSR count). The van der Waals surface area contributed by atoms with Gasteiger partial charge in [-0.15, -0.1) is 0 Å². The molecule has 0 aromatic rings. The molecule has 4 heteroatoms. The van der Waals surface area contributed by atoms with Crippen LogP contribution in [0, 0.1) is 0 Å². The minimum absolute atomic E-state index is 0.117. The van der Waals surface area contributed by atoms with Gasteiger partial charge < -0.3 is 0 Å². The first kappa shape index (κ1) is 11.4. The molecule has 0 saturated heterocycles. The Morgan fingerprint density at radius 2 is 2.21 bits per heavy atom. The smallest absolute Gasteiger partial charge is 0.158 e. The predicted molar refractivity (Wildman–Crippen MR) is 55.9 cm³/mol. The molecule has 0 spiro atoms. The van der Waals surface area contributed by atoms with E-state index in [9.17, 15) is 13.2 Å². The number of allylic oxidation sites excluding steroid dienone is 2. The lowest BCUT2D eigenvalue weighted by Crippen LogP contribution is -2.07. The van der Waals surface area contributed by atoms with Gasteiger partial charge in [-0.1, -0.05) is 6.08 Å². The molecule has 0 radical (unpaired) electrons. The number of carbonyl (C=O) groups is 1. The first-order valence-corrected chi connectivity index (χ1v) is 6.95. The summed E-state index contributed by atoms with van der Waals surface area (Å²) in [6.45, 7) is 0. The Morgan fingerprint density at radius 1 is 1.50 bits per heavy atom. The van der Waals surface area contributed by atoms with Gasteiger partial charge in [0.25, 0.3) is 0 Å². The Kier molecular flexibility index (Phi) is 3.86. The van der Waals surface area contributed by atoms with E-state index in [1.54, 1.807) is 0 Å². The van der Waals surface area contributed by atoms with Gasteiger partial charge in [0, 0.05) is 12.7 Å². The van der Waals surface area contributed by atoms with Gasteiger partial charge in [0.1, 0.15) is 9.84 Å². The summed E-state index contributed by atoms with van der Waals surface area (Å²) in [5, 5.41) is 0. The molecular formula is C10H16O3S. The summed E-state index contributed by atoms with van der Waals surface area (Å²) in [7, 11) is -2.91. The zero-order valence-electron chi connectivity index (χ0n) is 8.45. The molecule has 80 valence electrons. The molecule has 0 saturated carbocycles. The number of hydrogen-bond acceptors (Lipinski definition) is 3. The second-order valence-corrected chi connectivity index (χ2v) is 6.04. The van der Waals surface area contributed by atoms with Crippen LogP contribution < -0.4 is 0 Å². The Bertz CT molecular complexity index is 338. The molecule has 0 unspecified atom stereocenters. The standard InChI is InChI=1S/C10H16O3S/c1-14(12,13)8-4-7-10(11)9-5-2-3-6-9/h5H,2-4,6-8H2,1H3. The fraction of sp³-hybridized carbons (Fsp3) is 0.700. The lowest BCUT2D eigenvalue weighted by atomic mass is 10.1. The van der Waals surface area contributed by atoms with E-state index in [-0.39, 0.29) is 11.5 Å². The minimum Gasteiger partial charge on any atom is -0.295 e. The van der Waals surface area contributed by atoms with E-state index < -0.39 is 9.84 Å². The summed E-state index contributed by atoms with van der Waals surface area (Å²) in [5.74, 6) is 0.248. The summed E-state index contributed by atoms with van der Waals surface area (Å²) in [4.78, 5) is 11.5. The highest BCUT2D eigenvalue weighted by molar-refractivity contribution is 7.90. The van der Waals surface area contributed by atoms with Crippen molar-refractivity contribution in [3.8, 4) is 0 Å². The van der Waals surface area contributed by atoms with E-state index in [2.05, 4.69) is 0 Å². The van der Waals surface area contributed by atoms with Gasteiger partial charge in [0.05, 0.1) is 5.75 Å². The topological polar surface area (TPSA) is 51.2 Å². The number of Topliss-reactive ketones (excluding diaryl/α,β-unsaturated/α-hetero) is 1. The molecule has 1 aliphatic rings. The Hall–Kier alpha value is -0.640. The largest absolute Gasteiger partial charge is 0.295 e. The third kappa shape index (κ3) is 4.05. The van der Waals surface area contributed by atoms with Crippen LogP contribution in [0.1, 0.15) is 32.1 Å². The molecule has 3 nitrogen and oxygen atoms in total. The summed E-state index contributed by atoms with van der Waals surface area (Å²) < 4.78 is 21.6. The van der Waals surface area contributed by atoms with Crippen molar-refractivity contribution in [3.05, 3.63) is 11.6 Å². The van der Waals surface area contributed by atoms with Crippen molar-refractivity contribution < 1.29 is 13.2 Å². The van der Waals surface area contributed by atoms with Crippen LogP contribution in [-0.2, 0) is 14.6 Å². The van der Waals surface area contributed by atoms with Gasteiger partial charge in [0.2, 0.25) is 0 Å². The molecule has 14 heavy (non-hydrogen) atoms. The van der Waals surface area contributed by atoms with Crippen molar-refractivity contribution in [2.24, 2.45) is 0 Å². The second kappa shape index (κ2) is 4.73. The van der Waals surface area contributed by atoms with Crippen LogP contribution in [0.25, 0.3) is 0 Å². The molecule has 0 aromatic carbocycles. The van der Waals surface area contributed by atoms with Crippen molar-refractivity contribution in [1.82, 2.24) is 0 Å². The number of rotatable bonds is 5. The maximum Gasteiger partial charge on any atom is 0.158 e. The maximum atomic E-state index is 11.5. The fourth-order valence-electron chi connectivity index (χ4n) is 1.58. The lowest BCUT2D eigenvalue weighted by Gasteiger charge is -2.00. The summed E-state index contributed by atoms with van der Waals surface area (Å²) in [6.07, 6.45) is 6.93. The summed E-state index contributed by atoms with van der Waals surface area (Å²) >= 11 is 0. The first-order chi connectivity index (χ1) is 6.49. The molecule has 0 aliphatic heterocycles. The number of carbonyl (C=O) groups excluding carboxylic acids is 1. The molecule has 0 amide bonds. The van der Waals surface area contributed by atoms with Gasteiger partial charge in [-0.05, 0) is 31.3 Å². The Labute approximate surface area is 85.1 Å². The van der Waals surface area contributed by atoms with Crippen LogP contribution in [0.5, 0.6) is 0 Å². The van der Waals surface area contributed by atoms with Crippen molar-refractivity contribution >= 4 is 15.6 Å². The quantitative estimate of drug-likeness (QED) is 0.699. The normalized spacial score (nSPS) is 16.8. The van der Waals surface area contributed by atoms with Crippen molar-refractivity contribution in [2.75, 3.05) is 12.0 Å². The third-order valence-corrected chi connectivity index (χ3v) is 3.35. The van der Waals surface area contributed by atoms with Gasteiger partial charge >= 0.3 is 0 Å². The molecule has 0 atom stereocenters. The van der Waals surface area contributed by atoms with E-state index >= 15 is 0 Å². The van der Waals surface area contributed by atoms with Gasteiger partial charge in [-0.25, -0.2) is 8.42 Å².